The van der Waals surface area contributed by atoms with Gasteiger partial charge in [-0.25, -0.2) is 15.0 Å². The van der Waals surface area contributed by atoms with Crippen molar-refractivity contribution in [2.75, 3.05) is 38.1 Å². The van der Waals surface area contributed by atoms with Crippen LogP contribution in [0.15, 0.2) is 71.9 Å². The zero-order valence-electron chi connectivity index (χ0n) is 19.4. The quantitative estimate of drug-likeness (QED) is 0.361. The van der Waals surface area contributed by atoms with Gasteiger partial charge in [-0.1, -0.05) is 12.1 Å². The lowest BCUT2D eigenvalue weighted by atomic mass is 10.0. The summed E-state index contributed by atoms with van der Waals surface area (Å²) in [6.45, 7) is 3.81. The lowest BCUT2D eigenvalue weighted by Gasteiger charge is -2.33. The Labute approximate surface area is 202 Å². The van der Waals surface area contributed by atoms with E-state index in [0.29, 0.717) is 11.3 Å². The number of likely N-dealkylation sites (N-methyl/N-ethyl adjacent to an activating group) is 1. The summed E-state index contributed by atoms with van der Waals surface area (Å²) in [5.74, 6) is 0.893. The molecular weight excluding hydrogens is 440 g/mol. The molecule has 1 aliphatic rings. The highest BCUT2D eigenvalue weighted by Gasteiger charge is 2.17. The molecule has 0 atom stereocenters. The van der Waals surface area contributed by atoms with Crippen molar-refractivity contribution in [2.24, 2.45) is 0 Å². The van der Waals surface area contributed by atoms with Gasteiger partial charge >= 0.3 is 0 Å². The van der Waals surface area contributed by atoms with E-state index in [9.17, 15) is 4.79 Å². The molecule has 0 aliphatic carbocycles. The van der Waals surface area contributed by atoms with Gasteiger partial charge < -0.3 is 14.2 Å². The van der Waals surface area contributed by atoms with E-state index in [2.05, 4.69) is 42.8 Å². The molecule has 174 valence electrons. The third-order valence-corrected chi connectivity index (χ3v) is 6.54. The number of Topliss-reactive ketones (excluding diaryl/α,β-unsaturated/α-hetero) is 1. The number of benzene rings is 1. The fraction of sp³-hybridized carbons (Fsp3) is 0.222. The molecule has 1 aromatic carbocycles. The van der Waals surface area contributed by atoms with Gasteiger partial charge in [0.05, 0.1) is 6.42 Å². The zero-order valence-corrected chi connectivity index (χ0v) is 19.4. The zero-order chi connectivity index (χ0) is 23.8. The fourth-order valence-electron chi connectivity index (χ4n) is 4.44. The Bertz CT molecular complexity index is 1540. The van der Waals surface area contributed by atoms with E-state index in [1.54, 1.807) is 18.5 Å². The third kappa shape index (κ3) is 4.36. The van der Waals surface area contributed by atoms with Crippen LogP contribution in [0.25, 0.3) is 33.1 Å². The van der Waals surface area contributed by atoms with Gasteiger partial charge in [0.15, 0.2) is 12.2 Å². The van der Waals surface area contributed by atoms with Crippen LogP contribution in [0.1, 0.15) is 16.1 Å². The van der Waals surface area contributed by atoms with Crippen LogP contribution in [0.3, 0.4) is 0 Å². The number of carbonyl (C=O) groups is 1. The van der Waals surface area contributed by atoms with Gasteiger partial charge in [0.25, 0.3) is 0 Å². The van der Waals surface area contributed by atoms with E-state index in [1.807, 2.05) is 36.5 Å². The van der Waals surface area contributed by atoms with Crippen LogP contribution in [0, 0.1) is 0 Å². The number of carbonyl (C=O) groups excluding carboxylic acids is 1. The van der Waals surface area contributed by atoms with Crippen LogP contribution < -0.4 is 4.90 Å². The predicted octanol–water partition coefficient (Wildman–Crippen LogP) is 4.01. The standard InChI is InChI=1S/C27H24N6O2/c1-32-6-8-33(9-7-32)26-13-19(4-5-28-26)25(34)14-23-11-21-10-18(2-3-20(21)15-29-23)22-12-24-27(30-16-22)35-17-31-24/h2-5,10-13,15-17H,6-9,14H2,1H3. The minimum atomic E-state index is 0.0338. The Hall–Kier alpha value is -4.17. The molecule has 1 saturated heterocycles. The third-order valence-electron chi connectivity index (χ3n) is 6.54. The number of oxazole rings is 1. The fourth-order valence-corrected chi connectivity index (χ4v) is 4.44. The average Bonchev–Trinajstić information content (AvgIpc) is 3.37. The Balaban J connectivity index is 1.24. The first-order valence-electron chi connectivity index (χ1n) is 11.6. The summed E-state index contributed by atoms with van der Waals surface area (Å²) in [4.78, 5) is 35.2. The maximum Gasteiger partial charge on any atom is 0.246 e. The average molecular weight is 465 g/mol. The highest BCUT2D eigenvalue weighted by Crippen LogP contribution is 2.26. The first-order valence-corrected chi connectivity index (χ1v) is 11.6. The predicted molar refractivity (Wildman–Crippen MR) is 135 cm³/mol. The van der Waals surface area contributed by atoms with Crippen LogP contribution in [-0.2, 0) is 6.42 Å². The van der Waals surface area contributed by atoms with Gasteiger partial charge in [0.2, 0.25) is 5.71 Å². The summed E-state index contributed by atoms with van der Waals surface area (Å²) in [5.41, 5.74) is 4.61. The molecule has 8 nitrogen and oxygen atoms in total. The van der Waals surface area contributed by atoms with Crippen molar-refractivity contribution in [3.8, 4) is 11.1 Å². The van der Waals surface area contributed by atoms with Crippen molar-refractivity contribution < 1.29 is 9.21 Å². The Morgan fingerprint density at radius 2 is 1.77 bits per heavy atom. The molecular formula is C27H24N6O2. The normalized spacial score (nSPS) is 14.6. The Morgan fingerprint density at radius 3 is 2.66 bits per heavy atom. The van der Waals surface area contributed by atoms with Crippen molar-refractivity contribution in [1.29, 1.82) is 0 Å². The van der Waals surface area contributed by atoms with Crippen LogP contribution in [0.2, 0.25) is 0 Å². The van der Waals surface area contributed by atoms with Crippen molar-refractivity contribution in [3.63, 3.8) is 0 Å². The van der Waals surface area contributed by atoms with Crippen molar-refractivity contribution in [2.45, 2.75) is 6.42 Å². The lowest BCUT2D eigenvalue weighted by Crippen LogP contribution is -2.44. The number of hydrogen-bond acceptors (Lipinski definition) is 8. The molecule has 6 rings (SSSR count). The number of ketones is 1. The van der Waals surface area contributed by atoms with E-state index in [1.165, 1.54) is 6.39 Å². The second kappa shape index (κ2) is 8.88. The summed E-state index contributed by atoms with van der Waals surface area (Å²) in [5, 5.41) is 2.04. The lowest BCUT2D eigenvalue weighted by molar-refractivity contribution is 0.0992. The number of hydrogen-bond donors (Lipinski definition) is 0. The molecule has 8 heteroatoms. The maximum absolute atomic E-state index is 13.1. The van der Waals surface area contributed by atoms with Crippen LogP contribution >= 0.6 is 0 Å². The molecule has 0 amide bonds. The summed E-state index contributed by atoms with van der Waals surface area (Å²) in [6, 6.07) is 13.8. The first-order chi connectivity index (χ1) is 17.1. The number of fused-ring (bicyclic) bond motifs is 2. The highest BCUT2D eigenvalue weighted by atomic mass is 16.3. The van der Waals surface area contributed by atoms with Crippen LogP contribution in [0.5, 0.6) is 0 Å². The SMILES string of the molecule is CN1CCN(c2cc(C(=O)Cc3cc4cc(-c5cnc6ocnc6c5)ccc4cn3)ccn2)CC1. The van der Waals surface area contributed by atoms with Crippen LogP contribution in [0.4, 0.5) is 5.82 Å². The van der Waals surface area contributed by atoms with Gasteiger partial charge in [-0.3, -0.25) is 9.78 Å². The van der Waals surface area contributed by atoms with Gasteiger partial charge in [0.1, 0.15) is 11.3 Å². The molecule has 0 unspecified atom stereocenters. The van der Waals surface area contributed by atoms with E-state index in [4.69, 9.17) is 4.42 Å². The van der Waals surface area contributed by atoms with Crippen molar-refractivity contribution in [3.05, 3.63) is 78.7 Å². The smallest absolute Gasteiger partial charge is 0.246 e. The summed E-state index contributed by atoms with van der Waals surface area (Å²) in [7, 11) is 2.12. The van der Waals surface area contributed by atoms with E-state index >= 15 is 0 Å². The minimum Gasteiger partial charge on any atom is -0.425 e. The van der Waals surface area contributed by atoms with Crippen molar-refractivity contribution in [1.82, 2.24) is 24.8 Å². The Kier molecular flexibility index (Phi) is 5.42. The number of rotatable bonds is 5. The van der Waals surface area contributed by atoms with Gasteiger partial charge in [-0.05, 0) is 48.3 Å². The highest BCUT2D eigenvalue weighted by molar-refractivity contribution is 5.98. The Morgan fingerprint density at radius 1 is 0.886 bits per heavy atom. The number of nitrogens with zero attached hydrogens (tertiary/aromatic N) is 6. The molecule has 0 spiro atoms. The van der Waals surface area contributed by atoms with Gasteiger partial charge in [-0.15, -0.1) is 0 Å². The number of aromatic nitrogens is 4. The minimum absolute atomic E-state index is 0.0338. The van der Waals surface area contributed by atoms with Crippen molar-refractivity contribution >= 4 is 33.6 Å². The number of anilines is 1. The molecule has 4 aromatic heterocycles. The topological polar surface area (TPSA) is 88.2 Å². The number of pyridine rings is 3. The van der Waals surface area contributed by atoms with Crippen LogP contribution in [-0.4, -0.2) is 63.8 Å². The molecule has 0 N–H and O–H groups in total. The summed E-state index contributed by atoms with van der Waals surface area (Å²) >= 11 is 0. The molecule has 5 heterocycles. The molecule has 5 aromatic rings. The second-order valence-corrected chi connectivity index (χ2v) is 8.93. The molecule has 0 radical (unpaired) electrons. The summed E-state index contributed by atoms with van der Waals surface area (Å²) in [6.07, 6.45) is 6.96. The molecule has 1 aliphatic heterocycles. The van der Waals surface area contributed by atoms with E-state index in [-0.39, 0.29) is 12.2 Å². The van der Waals surface area contributed by atoms with Gasteiger partial charge in [0, 0.05) is 67.0 Å². The monoisotopic (exact) mass is 464 g/mol. The molecule has 35 heavy (non-hydrogen) atoms. The molecule has 0 bridgehead atoms. The van der Waals surface area contributed by atoms with E-state index < -0.39 is 0 Å². The molecule has 0 saturated carbocycles. The second-order valence-electron chi connectivity index (χ2n) is 8.93. The first kappa shape index (κ1) is 21.4. The molecule has 1 fully saturated rings. The maximum atomic E-state index is 13.1. The summed E-state index contributed by atoms with van der Waals surface area (Å²) < 4.78 is 5.24. The number of piperazine rings is 1. The van der Waals surface area contributed by atoms with Gasteiger partial charge in [-0.2, -0.15) is 0 Å². The van der Waals surface area contributed by atoms with E-state index in [0.717, 1.165) is 65.1 Å². The largest absolute Gasteiger partial charge is 0.425 e.